The molecular formula is C16H22N2O2. The maximum atomic E-state index is 12.6. The second-order valence-corrected chi connectivity index (χ2v) is 4.94. The quantitative estimate of drug-likeness (QED) is 0.788. The number of amides is 1. The fourth-order valence-electron chi connectivity index (χ4n) is 2.53. The van der Waals surface area contributed by atoms with E-state index in [4.69, 9.17) is 4.74 Å². The summed E-state index contributed by atoms with van der Waals surface area (Å²) in [6.45, 7) is 8.12. The van der Waals surface area contributed by atoms with Crippen molar-refractivity contribution < 1.29 is 9.53 Å². The van der Waals surface area contributed by atoms with Crippen LogP contribution < -0.4 is 4.74 Å². The third-order valence-electron chi connectivity index (χ3n) is 3.60. The van der Waals surface area contributed by atoms with E-state index in [1.807, 2.05) is 35.2 Å². The molecule has 0 saturated carbocycles. The average molecular weight is 274 g/mol. The number of nitrogens with zero attached hydrogens (tertiary/aromatic N) is 2. The van der Waals surface area contributed by atoms with Gasteiger partial charge in [-0.15, -0.1) is 6.58 Å². The standard InChI is InChI=1S/C16H22N2O2/c1-3-9-17-10-6-11-18(13-12-17)16(19)14-7-4-5-8-15(14)20-2/h3-5,7-8H,1,6,9-13H2,2H3. The molecule has 20 heavy (non-hydrogen) atoms. The van der Waals surface area contributed by atoms with Crippen molar-refractivity contribution in [2.24, 2.45) is 0 Å². The van der Waals surface area contributed by atoms with Gasteiger partial charge in [0.15, 0.2) is 0 Å². The molecule has 0 bridgehead atoms. The van der Waals surface area contributed by atoms with Crippen LogP contribution >= 0.6 is 0 Å². The monoisotopic (exact) mass is 274 g/mol. The molecule has 1 fully saturated rings. The summed E-state index contributed by atoms with van der Waals surface area (Å²) in [6.07, 6.45) is 2.91. The Morgan fingerprint density at radius 1 is 1.30 bits per heavy atom. The molecule has 1 aliphatic heterocycles. The van der Waals surface area contributed by atoms with Crippen LogP contribution in [0.15, 0.2) is 36.9 Å². The van der Waals surface area contributed by atoms with Crippen molar-refractivity contribution in [1.29, 1.82) is 0 Å². The molecule has 1 aromatic carbocycles. The molecule has 0 aliphatic carbocycles. The first-order valence-electron chi connectivity index (χ1n) is 7.02. The van der Waals surface area contributed by atoms with Crippen LogP contribution in [0.1, 0.15) is 16.8 Å². The number of ether oxygens (including phenoxy) is 1. The van der Waals surface area contributed by atoms with Gasteiger partial charge in [-0.3, -0.25) is 9.69 Å². The van der Waals surface area contributed by atoms with Gasteiger partial charge >= 0.3 is 0 Å². The molecule has 4 nitrogen and oxygen atoms in total. The van der Waals surface area contributed by atoms with Gasteiger partial charge in [0.1, 0.15) is 5.75 Å². The van der Waals surface area contributed by atoms with Gasteiger partial charge in [-0.1, -0.05) is 18.2 Å². The Labute approximate surface area is 120 Å². The Kier molecular flexibility index (Phi) is 5.18. The maximum absolute atomic E-state index is 12.6. The second-order valence-electron chi connectivity index (χ2n) is 4.94. The molecule has 108 valence electrons. The number of carbonyl (C=O) groups is 1. The van der Waals surface area contributed by atoms with Crippen molar-refractivity contribution in [2.75, 3.05) is 39.8 Å². The van der Waals surface area contributed by atoms with Crippen molar-refractivity contribution in [2.45, 2.75) is 6.42 Å². The summed E-state index contributed by atoms with van der Waals surface area (Å²) in [4.78, 5) is 16.8. The molecular weight excluding hydrogens is 252 g/mol. The van der Waals surface area contributed by atoms with E-state index in [1.54, 1.807) is 7.11 Å². The summed E-state index contributed by atoms with van der Waals surface area (Å²) >= 11 is 0. The van der Waals surface area contributed by atoms with E-state index in [2.05, 4.69) is 11.5 Å². The normalized spacial score (nSPS) is 16.6. The van der Waals surface area contributed by atoms with Crippen molar-refractivity contribution in [3.8, 4) is 5.75 Å². The van der Waals surface area contributed by atoms with E-state index in [9.17, 15) is 4.79 Å². The smallest absolute Gasteiger partial charge is 0.257 e. The van der Waals surface area contributed by atoms with Crippen LogP contribution in [-0.2, 0) is 0 Å². The van der Waals surface area contributed by atoms with Crippen LogP contribution in [0, 0.1) is 0 Å². The second kappa shape index (κ2) is 7.10. The third kappa shape index (κ3) is 3.39. The van der Waals surface area contributed by atoms with Crippen LogP contribution in [0.2, 0.25) is 0 Å². The fraction of sp³-hybridized carbons (Fsp3) is 0.438. The van der Waals surface area contributed by atoms with E-state index in [-0.39, 0.29) is 5.91 Å². The summed E-state index contributed by atoms with van der Waals surface area (Å²) in [5, 5.41) is 0. The van der Waals surface area contributed by atoms with Crippen LogP contribution in [0.4, 0.5) is 0 Å². The van der Waals surface area contributed by atoms with Crippen LogP contribution in [-0.4, -0.2) is 55.5 Å². The highest BCUT2D eigenvalue weighted by molar-refractivity contribution is 5.97. The number of benzene rings is 1. The first-order chi connectivity index (χ1) is 9.76. The molecule has 1 aromatic rings. The SMILES string of the molecule is C=CCN1CCCN(C(=O)c2ccccc2OC)CC1. The van der Waals surface area contributed by atoms with Crippen molar-refractivity contribution in [3.05, 3.63) is 42.5 Å². The van der Waals surface area contributed by atoms with Gasteiger partial charge in [-0.2, -0.15) is 0 Å². The zero-order valence-corrected chi connectivity index (χ0v) is 12.0. The molecule has 1 saturated heterocycles. The Bertz CT molecular complexity index is 473. The van der Waals surface area contributed by atoms with Gasteiger partial charge in [-0.25, -0.2) is 0 Å². The van der Waals surface area contributed by atoms with Crippen LogP contribution in [0.3, 0.4) is 0 Å². The molecule has 1 aliphatic rings. The molecule has 2 rings (SSSR count). The number of carbonyl (C=O) groups excluding carboxylic acids is 1. The highest BCUT2D eigenvalue weighted by atomic mass is 16.5. The van der Waals surface area contributed by atoms with Gasteiger partial charge in [0.25, 0.3) is 5.91 Å². The van der Waals surface area contributed by atoms with E-state index in [0.717, 1.165) is 39.1 Å². The molecule has 0 radical (unpaired) electrons. The first-order valence-corrected chi connectivity index (χ1v) is 7.02. The first kappa shape index (κ1) is 14.6. The highest BCUT2D eigenvalue weighted by Gasteiger charge is 2.21. The maximum Gasteiger partial charge on any atom is 0.257 e. The topological polar surface area (TPSA) is 32.8 Å². The average Bonchev–Trinajstić information content (AvgIpc) is 2.72. The predicted molar refractivity (Wildman–Crippen MR) is 80.2 cm³/mol. The van der Waals surface area contributed by atoms with E-state index >= 15 is 0 Å². The van der Waals surface area contributed by atoms with Crippen molar-refractivity contribution in [3.63, 3.8) is 0 Å². The molecule has 0 aromatic heterocycles. The minimum absolute atomic E-state index is 0.0582. The zero-order valence-electron chi connectivity index (χ0n) is 12.0. The molecule has 1 amide bonds. The lowest BCUT2D eigenvalue weighted by molar-refractivity contribution is 0.0758. The Balaban J connectivity index is 2.07. The van der Waals surface area contributed by atoms with Crippen LogP contribution in [0.25, 0.3) is 0 Å². The van der Waals surface area contributed by atoms with E-state index in [0.29, 0.717) is 11.3 Å². The van der Waals surface area contributed by atoms with Crippen LogP contribution in [0.5, 0.6) is 5.75 Å². The number of hydrogen-bond acceptors (Lipinski definition) is 3. The van der Waals surface area contributed by atoms with Gasteiger partial charge in [0.05, 0.1) is 12.7 Å². The third-order valence-corrected chi connectivity index (χ3v) is 3.60. The van der Waals surface area contributed by atoms with E-state index < -0.39 is 0 Å². The summed E-state index contributed by atoms with van der Waals surface area (Å²) in [5.41, 5.74) is 0.646. The molecule has 0 unspecified atom stereocenters. The summed E-state index contributed by atoms with van der Waals surface area (Å²) in [6, 6.07) is 7.41. The lowest BCUT2D eigenvalue weighted by Crippen LogP contribution is -2.35. The highest BCUT2D eigenvalue weighted by Crippen LogP contribution is 2.20. The van der Waals surface area contributed by atoms with Gasteiger partial charge in [0, 0.05) is 32.7 Å². The summed E-state index contributed by atoms with van der Waals surface area (Å²) < 4.78 is 5.28. The Hall–Kier alpha value is -1.81. The number of rotatable bonds is 4. The fourth-order valence-corrected chi connectivity index (χ4v) is 2.53. The largest absolute Gasteiger partial charge is 0.496 e. The number of hydrogen-bond donors (Lipinski definition) is 0. The molecule has 0 N–H and O–H groups in total. The van der Waals surface area contributed by atoms with E-state index in [1.165, 1.54) is 0 Å². The molecule has 1 heterocycles. The number of para-hydroxylation sites is 1. The zero-order chi connectivity index (χ0) is 14.4. The Morgan fingerprint density at radius 3 is 2.85 bits per heavy atom. The van der Waals surface area contributed by atoms with Crippen molar-refractivity contribution in [1.82, 2.24) is 9.80 Å². The summed E-state index contributed by atoms with van der Waals surface area (Å²) in [5.74, 6) is 0.701. The number of methoxy groups -OCH3 is 1. The minimum Gasteiger partial charge on any atom is -0.496 e. The summed E-state index contributed by atoms with van der Waals surface area (Å²) in [7, 11) is 1.60. The lowest BCUT2D eigenvalue weighted by Gasteiger charge is -2.22. The van der Waals surface area contributed by atoms with Gasteiger partial charge < -0.3 is 9.64 Å². The van der Waals surface area contributed by atoms with Crippen molar-refractivity contribution >= 4 is 5.91 Å². The lowest BCUT2D eigenvalue weighted by atomic mass is 10.1. The Morgan fingerprint density at radius 2 is 2.10 bits per heavy atom. The molecule has 0 spiro atoms. The minimum atomic E-state index is 0.0582. The van der Waals surface area contributed by atoms with Gasteiger partial charge in [0.2, 0.25) is 0 Å². The predicted octanol–water partition coefficient (Wildman–Crippen LogP) is 2.03. The molecule has 4 heteroatoms. The molecule has 0 atom stereocenters. The van der Waals surface area contributed by atoms with Gasteiger partial charge in [-0.05, 0) is 18.6 Å².